The van der Waals surface area contributed by atoms with Crippen LogP contribution < -0.4 is 5.32 Å². The van der Waals surface area contributed by atoms with Gasteiger partial charge in [-0.3, -0.25) is 4.79 Å². The van der Waals surface area contributed by atoms with Gasteiger partial charge in [-0.1, -0.05) is 19.3 Å². The van der Waals surface area contributed by atoms with Crippen molar-refractivity contribution in [2.45, 2.75) is 64.3 Å². The van der Waals surface area contributed by atoms with Gasteiger partial charge in [0.25, 0.3) is 0 Å². The van der Waals surface area contributed by atoms with Crippen molar-refractivity contribution in [3.63, 3.8) is 0 Å². The zero-order valence-electron chi connectivity index (χ0n) is 15.3. The zero-order chi connectivity index (χ0) is 18.5. The molecule has 25 heavy (non-hydrogen) atoms. The van der Waals surface area contributed by atoms with Crippen molar-refractivity contribution in [2.24, 2.45) is 5.92 Å². The van der Waals surface area contributed by atoms with Crippen LogP contribution in [0.4, 0.5) is 0 Å². The first-order valence-electron chi connectivity index (χ1n) is 9.31. The molecular weight excluding hydrogens is 344 g/mol. The van der Waals surface area contributed by atoms with Crippen molar-refractivity contribution >= 4 is 21.9 Å². The van der Waals surface area contributed by atoms with Crippen molar-refractivity contribution < 1.29 is 22.7 Å². The standard InChI is InChI=1S/C17H30N2O5S/c1-3-24-16(21)17(10-6-5-7-11-17)18-15(20)14-9-8-12-19(13-14)25(22,23)4-2/h14H,3-13H2,1-2H3,(H,18,20). The molecule has 8 heteroatoms. The summed E-state index contributed by atoms with van der Waals surface area (Å²) in [4.78, 5) is 25.3. The van der Waals surface area contributed by atoms with E-state index in [-0.39, 0.29) is 30.8 Å². The number of amides is 1. The van der Waals surface area contributed by atoms with E-state index in [0.29, 0.717) is 32.2 Å². The number of rotatable bonds is 6. The lowest BCUT2D eigenvalue weighted by atomic mass is 9.81. The van der Waals surface area contributed by atoms with Gasteiger partial charge in [-0.15, -0.1) is 0 Å². The van der Waals surface area contributed by atoms with Crippen LogP contribution in [0.2, 0.25) is 0 Å². The second-order valence-corrected chi connectivity index (χ2v) is 9.21. The molecule has 2 fully saturated rings. The number of nitrogens with zero attached hydrogens (tertiary/aromatic N) is 1. The van der Waals surface area contributed by atoms with E-state index in [1.807, 2.05) is 0 Å². The first-order chi connectivity index (χ1) is 11.8. The molecule has 1 aliphatic carbocycles. The van der Waals surface area contributed by atoms with Gasteiger partial charge in [0.15, 0.2) is 0 Å². The number of esters is 1. The van der Waals surface area contributed by atoms with Gasteiger partial charge >= 0.3 is 5.97 Å². The minimum atomic E-state index is -3.30. The van der Waals surface area contributed by atoms with Gasteiger partial charge in [0, 0.05) is 13.1 Å². The molecule has 0 spiro atoms. The molecule has 2 aliphatic rings. The summed E-state index contributed by atoms with van der Waals surface area (Å²) in [6, 6.07) is 0. The summed E-state index contributed by atoms with van der Waals surface area (Å²) in [5.41, 5.74) is -0.947. The summed E-state index contributed by atoms with van der Waals surface area (Å²) in [7, 11) is -3.30. The molecule has 7 nitrogen and oxygen atoms in total. The van der Waals surface area contributed by atoms with Crippen LogP contribution in [0.25, 0.3) is 0 Å². The normalized spacial score (nSPS) is 24.5. The third-order valence-electron chi connectivity index (χ3n) is 5.25. The largest absolute Gasteiger partial charge is 0.464 e. The second kappa shape index (κ2) is 8.49. The Balaban J connectivity index is 2.08. The molecule has 1 saturated carbocycles. The van der Waals surface area contributed by atoms with Crippen molar-refractivity contribution in [1.82, 2.24) is 9.62 Å². The smallest absolute Gasteiger partial charge is 0.331 e. The molecule has 1 N–H and O–H groups in total. The molecule has 0 bridgehead atoms. The van der Waals surface area contributed by atoms with E-state index in [9.17, 15) is 18.0 Å². The number of hydrogen-bond acceptors (Lipinski definition) is 5. The highest BCUT2D eigenvalue weighted by atomic mass is 32.2. The number of hydrogen-bond donors (Lipinski definition) is 1. The number of sulfonamides is 1. The molecule has 0 aromatic carbocycles. The third kappa shape index (κ3) is 4.73. The van der Waals surface area contributed by atoms with Gasteiger partial charge in [-0.05, 0) is 39.5 Å². The molecule has 0 aromatic rings. The quantitative estimate of drug-likeness (QED) is 0.710. The SMILES string of the molecule is CCOC(=O)C1(NC(=O)C2CCCN(S(=O)(=O)CC)C2)CCCCC1. The Morgan fingerprint density at radius 1 is 1.16 bits per heavy atom. The molecular formula is C17H30N2O5S. The summed E-state index contributed by atoms with van der Waals surface area (Å²) in [6.45, 7) is 4.30. The lowest BCUT2D eigenvalue weighted by Crippen LogP contribution is -2.59. The molecule has 1 amide bonds. The summed E-state index contributed by atoms with van der Waals surface area (Å²) >= 11 is 0. The topological polar surface area (TPSA) is 92.8 Å². The van der Waals surface area contributed by atoms with E-state index >= 15 is 0 Å². The van der Waals surface area contributed by atoms with E-state index in [4.69, 9.17) is 4.74 Å². The molecule has 2 rings (SSSR count). The van der Waals surface area contributed by atoms with E-state index in [1.54, 1.807) is 13.8 Å². The Morgan fingerprint density at radius 3 is 2.44 bits per heavy atom. The predicted octanol–water partition coefficient (Wildman–Crippen LogP) is 1.43. The van der Waals surface area contributed by atoms with Crippen LogP contribution >= 0.6 is 0 Å². The highest BCUT2D eigenvalue weighted by Gasteiger charge is 2.44. The first kappa shape index (κ1) is 20.2. The van der Waals surface area contributed by atoms with Crippen LogP contribution in [0, 0.1) is 5.92 Å². The van der Waals surface area contributed by atoms with Gasteiger partial charge in [-0.2, -0.15) is 0 Å². The van der Waals surface area contributed by atoms with Crippen molar-refractivity contribution in [2.75, 3.05) is 25.4 Å². The maximum Gasteiger partial charge on any atom is 0.331 e. The van der Waals surface area contributed by atoms with Crippen LogP contribution in [0.15, 0.2) is 0 Å². The second-order valence-electron chi connectivity index (χ2n) is 6.95. The van der Waals surface area contributed by atoms with Crippen molar-refractivity contribution in [1.29, 1.82) is 0 Å². The van der Waals surface area contributed by atoms with E-state index in [1.165, 1.54) is 4.31 Å². The molecule has 0 radical (unpaired) electrons. The van der Waals surface area contributed by atoms with E-state index in [2.05, 4.69) is 5.32 Å². The van der Waals surface area contributed by atoms with Crippen LogP contribution in [0.1, 0.15) is 58.8 Å². The molecule has 1 heterocycles. The van der Waals surface area contributed by atoms with Gasteiger partial charge in [-0.25, -0.2) is 17.5 Å². The predicted molar refractivity (Wildman–Crippen MR) is 94.3 cm³/mol. The minimum absolute atomic E-state index is 0.0358. The van der Waals surface area contributed by atoms with Gasteiger partial charge in [0.05, 0.1) is 18.3 Å². The maximum absolute atomic E-state index is 12.8. The molecule has 1 unspecified atom stereocenters. The van der Waals surface area contributed by atoms with Crippen LogP contribution in [-0.4, -0.2) is 55.6 Å². The third-order valence-corrected chi connectivity index (χ3v) is 7.10. The number of ether oxygens (including phenoxy) is 1. The Kier molecular flexibility index (Phi) is 6.85. The fourth-order valence-electron chi connectivity index (χ4n) is 3.73. The summed E-state index contributed by atoms with van der Waals surface area (Å²) in [5, 5.41) is 2.94. The highest BCUT2D eigenvalue weighted by Crippen LogP contribution is 2.31. The van der Waals surface area contributed by atoms with Crippen LogP contribution in [0.5, 0.6) is 0 Å². The average molecular weight is 375 g/mol. The average Bonchev–Trinajstić information content (AvgIpc) is 2.62. The van der Waals surface area contributed by atoms with E-state index < -0.39 is 21.5 Å². The molecule has 144 valence electrons. The van der Waals surface area contributed by atoms with E-state index in [0.717, 1.165) is 19.3 Å². The fourth-order valence-corrected chi connectivity index (χ4v) is 4.91. The summed E-state index contributed by atoms with van der Waals surface area (Å²) < 4.78 is 30.8. The Hall–Kier alpha value is -1.15. The summed E-state index contributed by atoms with van der Waals surface area (Å²) in [5.74, 6) is -0.972. The monoisotopic (exact) mass is 374 g/mol. The first-order valence-corrected chi connectivity index (χ1v) is 10.9. The lowest BCUT2D eigenvalue weighted by molar-refractivity contribution is -0.155. The zero-order valence-corrected chi connectivity index (χ0v) is 16.1. The van der Waals surface area contributed by atoms with Gasteiger partial charge in [0.1, 0.15) is 5.54 Å². The highest BCUT2D eigenvalue weighted by molar-refractivity contribution is 7.89. The molecule has 1 saturated heterocycles. The van der Waals surface area contributed by atoms with Crippen molar-refractivity contribution in [3.8, 4) is 0 Å². The number of piperidine rings is 1. The molecule has 1 atom stereocenters. The fraction of sp³-hybridized carbons (Fsp3) is 0.882. The number of carbonyl (C=O) groups excluding carboxylic acids is 2. The number of nitrogens with one attached hydrogen (secondary N) is 1. The molecule has 0 aromatic heterocycles. The minimum Gasteiger partial charge on any atom is -0.464 e. The maximum atomic E-state index is 12.8. The lowest BCUT2D eigenvalue weighted by Gasteiger charge is -2.38. The number of carbonyl (C=O) groups is 2. The summed E-state index contributed by atoms with van der Waals surface area (Å²) in [6.07, 6.45) is 5.26. The van der Waals surface area contributed by atoms with Crippen LogP contribution in [0.3, 0.4) is 0 Å². The van der Waals surface area contributed by atoms with Gasteiger partial charge in [0.2, 0.25) is 15.9 Å². The van der Waals surface area contributed by atoms with Gasteiger partial charge < -0.3 is 10.1 Å². The molecule has 1 aliphatic heterocycles. The van der Waals surface area contributed by atoms with Crippen LogP contribution in [-0.2, 0) is 24.3 Å². The Bertz CT molecular complexity index is 584. The van der Waals surface area contributed by atoms with Crippen molar-refractivity contribution in [3.05, 3.63) is 0 Å². The Labute approximate surface area is 150 Å². The Morgan fingerprint density at radius 2 is 1.84 bits per heavy atom.